The molecule has 150 valence electrons. The van der Waals surface area contributed by atoms with Gasteiger partial charge in [-0.05, 0) is 62.7 Å². The van der Waals surface area contributed by atoms with Gasteiger partial charge in [0.2, 0.25) is 0 Å². The molecule has 2 saturated heterocycles. The zero-order valence-corrected chi connectivity index (χ0v) is 19.2. The summed E-state index contributed by atoms with van der Waals surface area (Å²) >= 11 is 0. The number of rotatable bonds is 4. The van der Waals surface area contributed by atoms with Crippen LogP contribution in [0.5, 0.6) is 0 Å². The van der Waals surface area contributed by atoms with Crippen LogP contribution in [-0.4, -0.2) is 61.6 Å². The van der Waals surface area contributed by atoms with Gasteiger partial charge < -0.3 is 15.1 Å². The minimum Gasteiger partial charge on any atom is -0.353 e. The average Bonchev–Trinajstić information content (AvgIpc) is 3.28. The van der Waals surface area contributed by atoms with Gasteiger partial charge in [-0.3, -0.25) is 4.99 Å². The van der Waals surface area contributed by atoms with Gasteiger partial charge in [-0.15, -0.1) is 24.0 Å². The van der Waals surface area contributed by atoms with Crippen LogP contribution in [0, 0.1) is 12.8 Å². The number of piperidine rings is 1. The van der Waals surface area contributed by atoms with E-state index >= 15 is 0 Å². The molecular formula is C22H35IN4. The molecule has 1 aliphatic carbocycles. The largest absolute Gasteiger partial charge is 0.353 e. The lowest BCUT2D eigenvalue weighted by Crippen LogP contribution is -2.42. The zero-order valence-electron chi connectivity index (χ0n) is 16.9. The van der Waals surface area contributed by atoms with E-state index in [0.717, 1.165) is 25.0 Å². The Labute approximate surface area is 181 Å². The van der Waals surface area contributed by atoms with Gasteiger partial charge in [0.05, 0.1) is 0 Å². The predicted molar refractivity (Wildman–Crippen MR) is 124 cm³/mol. The van der Waals surface area contributed by atoms with E-state index in [1.165, 1.54) is 62.9 Å². The van der Waals surface area contributed by atoms with Gasteiger partial charge >= 0.3 is 0 Å². The first kappa shape index (κ1) is 20.9. The molecule has 0 radical (unpaired) electrons. The molecule has 4 rings (SSSR count). The Morgan fingerprint density at radius 2 is 1.93 bits per heavy atom. The number of guanidine groups is 1. The summed E-state index contributed by atoms with van der Waals surface area (Å²) in [5.41, 5.74) is 2.92. The van der Waals surface area contributed by atoms with E-state index < -0.39 is 0 Å². The number of nitrogens with one attached hydrogen (secondary N) is 1. The minimum absolute atomic E-state index is 0. The van der Waals surface area contributed by atoms with Crippen LogP contribution < -0.4 is 5.32 Å². The zero-order chi connectivity index (χ0) is 17.9. The average molecular weight is 482 g/mol. The Bertz CT molecular complexity index is 641. The van der Waals surface area contributed by atoms with E-state index in [4.69, 9.17) is 0 Å². The van der Waals surface area contributed by atoms with E-state index in [2.05, 4.69) is 51.3 Å². The van der Waals surface area contributed by atoms with Crippen molar-refractivity contribution in [3.63, 3.8) is 0 Å². The number of halogens is 1. The second kappa shape index (κ2) is 9.59. The highest BCUT2D eigenvalue weighted by molar-refractivity contribution is 14.0. The minimum atomic E-state index is 0. The van der Waals surface area contributed by atoms with Crippen LogP contribution in [-0.2, 0) is 0 Å². The SMILES string of the molecule is CN=C(NC1CC1c1ccccc1C)N1CCC(CN2CCCCC2)C1.I. The molecule has 27 heavy (non-hydrogen) atoms. The van der Waals surface area contributed by atoms with E-state index in [9.17, 15) is 0 Å². The second-order valence-corrected chi connectivity index (χ2v) is 8.46. The molecule has 0 bridgehead atoms. The highest BCUT2D eigenvalue weighted by atomic mass is 127. The summed E-state index contributed by atoms with van der Waals surface area (Å²) in [6, 6.07) is 9.36. The Morgan fingerprint density at radius 1 is 1.15 bits per heavy atom. The Hall–Kier alpha value is -0.820. The summed E-state index contributed by atoms with van der Waals surface area (Å²) < 4.78 is 0. The van der Waals surface area contributed by atoms with Crippen LogP contribution in [0.15, 0.2) is 29.3 Å². The van der Waals surface area contributed by atoms with Gasteiger partial charge in [0.1, 0.15) is 0 Å². The van der Waals surface area contributed by atoms with Crippen LogP contribution in [0.3, 0.4) is 0 Å². The lowest BCUT2D eigenvalue weighted by molar-refractivity contribution is 0.198. The summed E-state index contributed by atoms with van der Waals surface area (Å²) in [6.45, 7) is 8.44. The molecule has 0 spiro atoms. The fourth-order valence-electron chi connectivity index (χ4n) is 4.85. The summed E-state index contributed by atoms with van der Waals surface area (Å²) in [4.78, 5) is 9.77. The van der Waals surface area contributed by atoms with Crippen LogP contribution in [0.1, 0.15) is 49.1 Å². The molecule has 3 fully saturated rings. The predicted octanol–water partition coefficient (Wildman–Crippen LogP) is 3.85. The molecule has 2 aliphatic heterocycles. The smallest absolute Gasteiger partial charge is 0.193 e. The third-order valence-electron chi connectivity index (χ3n) is 6.46. The normalized spacial score (nSPS) is 28.7. The van der Waals surface area contributed by atoms with E-state index in [1.807, 2.05) is 7.05 Å². The van der Waals surface area contributed by atoms with Crippen molar-refractivity contribution in [2.24, 2.45) is 10.9 Å². The Balaban J connectivity index is 0.00000210. The fraction of sp³-hybridized carbons (Fsp3) is 0.682. The van der Waals surface area contributed by atoms with Crippen molar-refractivity contribution in [2.45, 2.75) is 51.0 Å². The number of nitrogens with zero attached hydrogens (tertiary/aromatic N) is 3. The van der Waals surface area contributed by atoms with Gasteiger partial charge in [-0.1, -0.05) is 30.7 Å². The van der Waals surface area contributed by atoms with Gasteiger partial charge in [0, 0.05) is 38.6 Å². The molecule has 1 saturated carbocycles. The van der Waals surface area contributed by atoms with Crippen molar-refractivity contribution in [2.75, 3.05) is 39.8 Å². The molecule has 0 aromatic heterocycles. The van der Waals surface area contributed by atoms with Crippen molar-refractivity contribution < 1.29 is 0 Å². The highest BCUT2D eigenvalue weighted by Crippen LogP contribution is 2.42. The van der Waals surface area contributed by atoms with Crippen LogP contribution in [0.25, 0.3) is 0 Å². The topological polar surface area (TPSA) is 30.9 Å². The Kier molecular flexibility index (Phi) is 7.42. The summed E-state index contributed by atoms with van der Waals surface area (Å²) in [7, 11) is 1.94. The van der Waals surface area contributed by atoms with Crippen molar-refractivity contribution in [1.82, 2.24) is 15.1 Å². The summed E-state index contributed by atoms with van der Waals surface area (Å²) in [5, 5.41) is 3.74. The number of likely N-dealkylation sites (tertiary alicyclic amines) is 2. The fourth-order valence-corrected chi connectivity index (χ4v) is 4.85. The van der Waals surface area contributed by atoms with Gasteiger partial charge in [0.25, 0.3) is 0 Å². The first-order chi connectivity index (χ1) is 12.7. The third-order valence-corrected chi connectivity index (χ3v) is 6.46. The monoisotopic (exact) mass is 482 g/mol. The molecule has 1 N–H and O–H groups in total. The standard InChI is InChI=1S/C22H34N4.HI/c1-17-8-4-5-9-19(17)20-14-21(20)24-22(23-2)26-13-10-18(16-26)15-25-11-6-3-7-12-25;/h4-5,8-9,18,20-21H,3,6-7,10-16H2,1-2H3,(H,23,24);1H. The van der Waals surface area contributed by atoms with Crippen LogP contribution >= 0.6 is 24.0 Å². The molecule has 3 unspecified atom stereocenters. The Morgan fingerprint density at radius 3 is 2.67 bits per heavy atom. The lowest BCUT2D eigenvalue weighted by Gasteiger charge is -2.29. The second-order valence-electron chi connectivity index (χ2n) is 8.46. The van der Waals surface area contributed by atoms with Crippen molar-refractivity contribution >= 4 is 29.9 Å². The van der Waals surface area contributed by atoms with Crippen molar-refractivity contribution in [3.05, 3.63) is 35.4 Å². The van der Waals surface area contributed by atoms with Gasteiger partial charge in [-0.25, -0.2) is 0 Å². The maximum Gasteiger partial charge on any atom is 0.193 e. The first-order valence-corrected chi connectivity index (χ1v) is 10.5. The quantitative estimate of drug-likeness (QED) is 0.402. The first-order valence-electron chi connectivity index (χ1n) is 10.5. The van der Waals surface area contributed by atoms with Gasteiger partial charge in [0.15, 0.2) is 5.96 Å². The van der Waals surface area contributed by atoms with Crippen LogP contribution in [0.4, 0.5) is 0 Å². The molecule has 1 aromatic rings. The third kappa shape index (κ3) is 5.17. The lowest BCUT2D eigenvalue weighted by atomic mass is 10.0. The summed E-state index contributed by atoms with van der Waals surface area (Å²) in [5.74, 6) is 2.57. The molecule has 2 heterocycles. The molecule has 0 amide bonds. The molecule has 4 nitrogen and oxygen atoms in total. The van der Waals surface area contributed by atoms with E-state index in [1.54, 1.807) is 0 Å². The summed E-state index contributed by atoms with van der Waals surface area (Å²) in [6.07, 6.45) is 6.74. The number of benzene rings is 1. The van der Waals surface area contributed by atoms with E-state index in [0.29, 0.717) is 12.0 Å². The van der Waals surface area contributed by atoms with Crippen molar-refractivity contribution in [1.29, 1.82) is 0 Å². The number of aliphatic imine (C=N–C) groups is 1. The molecular weight excluding hydrogens is 447 g/mol. The number of aryl methyl sites for hydroxylation is 1. The van der Waals surface area contributed by atoms with Crippen molar-refractivity contribution in [3.8, 4) is 0 Å². The van der Waals surface area contributed by atoms with E-state index in [-0.39, 0.29) is 24.0 Å². The number of hydrogen-bond acceptors (Lipinski definition) is 2. The molecule has 3 atom stereocenters. The highest BCUT2D eigenvalue weighted by Gasteiger charge is 2.40. The maximum atomic E-state index is 4.60. The van der Waals surface area contributed by atoms with Crippen LogP contribution in [0.2, 0.25) is 0 Å². The maximum absolute atomic E-state index is 4.60. The molecule has 1 aromatic carbocycles. The number of hydrogen-bond donors (Lipinski definition) is 1. The molecule has 5 heteroatoms. The van der Waals surface area contributed by atoms with Gasteiger partial charge in [-0.2, -0.15) is 0 Å². The molecule has 3 aliphatic rings.